The van der Waals surface area contributed by atoms with Crippen LogP contribution in [0.4, 0.5) is 0 Å². The topological polar surface area (TPSA) is 17.1 Å². The van der Waals surface area contributed by atoms with Gasteiger partial charge in [0.1, 0.15) is 6.29 Å². The zero-order valence-corrected chi connectivity index (χ0v) is 11.6. The predicted molar refractivity (Wildman–Crippen MR) is 78.4 cm³/mol. The minimum Gasteiger partial charge on any atom is -0.302 e. The van der Waals surface area contributed by atoms with Crippen LogP contribution >= 0.6 is 0 Å². The van der Waals surface area contributed by atoms with Gasteiger partial charge in [-0.05, 0) is 24.0 Å². The van der Waals surface area contributed by atoms with E-state index in [-0.39, 0.29) is 5.41 Å². The van der Waals surface area contributed by atoms with Gasteiger partial charge in [0.05, 0.1) is 5.41 Å². The van der Waals surface area contributed by atoms with Crippen molar-refractivity contribution in [2.45, 2.75) is 46.0 Å². The zero-order chi connectivity index (χ0) is 13.4. The Balaban J connectivity index is 3.01. The second kappa shape index (κ2) is 7.15. The maximum atomic E-state index is 11.7. The first kappa shape index (κ1) is 14.7. The molecule has 0 fully saturated rings. The maximum Gasteiger partial charge on any atom is 0.130 e. The van der Waals surface area contributed by atoms with E-state index >= 15 is 0 Å². The van der Waals surface area contributed by atoms with Crippen molar-refractivity contribution in [2.75, 3.05) is 0 Å². The van der Waals surface area contributed by atoms with Crippen LogP contribution < -0.4 is 0 Å². The van der Waals surface area contributed by atoms with Gasteiger partial charge in [0.15, 0.2) is 0 Å². The predicted octanol–water partition coefficient (Wildman–Crippen LogP) is 4.88. The van der Waals surface area contributed by atoms with E-state index in [2.05, 4.69) is 20.4 Å². The third-order valence-electron chi connectivity index (χ3n) is 3.62. The summed E-state index contributed by atoms with van der Waals surface area (Å²) in [4.78, 5) is 11.7. The van der Waals surface area contributed by atoms with Crippen LogP contribution in [0.1, 0.15) is 51.5 Å². The van der Waals surface area contributed by atoms with Crippen LogP contribution in [0.15, 0.2) is 36.9 Å². The molecule has 0 saturated heterocycles. The first-order valence-corrected chi connectivity index (χ1v) is 6.91. The summed E-state index contributed by atoms with van der Waals surface area (Å²) in [5, 5.41) is 0. The van der Waals surface area contributed by atoms with Crippen LogP contribution in [-0.2, 0) is 4.79 Å². The van der Waals surface area contributed by atoms with Crippen LogP contribution in [0, 0.1) is 5.41 Å². The molecule has 0 aliphatic carbocycles. The molecule has 1 aromatic rings. The van der Waals surface area contributed by atoms with Gasteiger partial charge < -0.3 is 4.79 Å². The third kappa shape index (κ3) is 3.32. The number of benzene rings is 1. The van der Waals surface area contributed by atoms with Crippen LogP contribution in [-0.4, -0.2) is 6.29 Å². The second-order valence-electron chi connectivity index (χ2n) is 4.97. The molecule has 98 valence electrons. The quantitative estimate of drug-likeness (QED) is 0.596. The third-order valence-corrected chi connectivity index (χ3v) is 3.62. The fourth-order valence-corrected chi connectivity index (χ4v) is 2.48. The van der Waals surface area contributed by atoms with E-state index in [1.54, 1.807) is 0 Å². The van der Waals surface area contributed by atoms with Crippen LogP contribution in [0.5, 0.6) is 0 Å². The number of carbonyl (C=O) groups is 1. The standard InChI is InChI=1S/C17H24O/c1-4-6-13-17(14-18,12-5-2)15(3)16-10-8-7-9-11-16/h7-11,14H,3-6,12-13H2,1-2H3/t17-/m0/s1. The fraction of sp³-hybridized carbons (Fsp3) is 0.471. The number of hydrogen-bond donors (Lipinski definition) is 0. The highest BCUT2D eigenvalue weighted by molar-refractivity contribution is 5.84. The normalized spacial score (nSPS) is 13.9. The number of hydrogen-bond acceptors (Lipinski definition) is 1. The van der Waals surface area contributed by atoms with Gasteiger partial charge in [0, 0.05) is 0 Å². The van der Waals surface area contributed by atoms with Crippen LogP contribution in [0.25, 0.3) is 5.57 Å². The minimum absolute atomic E-state index is 0.369. The molecule has 0 aliphatic heterocycles. The lowest BCUT2D eigenvalue weighted by Gasteiger charge is -2.30. The Morgan fingerprint density at radius 1 is 1.17 bits per heavy atom. The van der Waals surface area contributed by atoms with Crippen molar-refractivity contribution in [1.82, 2.24) is 0 Å². The molecule has 0 bridgehead atoms. The molecule has 1 heteroatoms. The average Bonchev–Trinajstić information content (AvgIpc) is 2.44. The number of aldehydes is 1. The number of rotatable bonds is 8. The molecule has 0 saturated carbocycles. The monoisotopic (exact) mass is 244 g/mol. The van der Waals surface area contributed by atoms with E-state index in [0.717, 1.165) is 49.5 Å². The van der Waals surface area contributed by atoms with E-state index in [1.165, 1.54) is 0 Å². The van der Waals surface area contributed by atoms with Gasteiger partial charge in [-0.3, -0.25) is 0 Å². The maximum absolute atomic E-state index is 11.7. The molecule has 0 unspecified atom stereocenters. The molecular weight excluding hydrogens is 220 g/mol. The number of allylic oxidation sites excluding steroid dienone is 1. The molecule has 0 radical (unpaired) electrons. The van der Waals surface area contributed by atoms with Gasteiger partial charge in [0.2, 0.25) is 0 Å². The van der Waals surface area contributed by atoms with Gasteiger partial charge in [-0.2, -0.15) is 0 Å². The molecule has 0 aromatic heterocycles. The Labute approximate surface area is 111 Å². The van der Waals surface area contributed by atoms with Gasteiger partial charge >= 0.3 is 0 Å². The lowest BCUT2D eigenvalue weighted by molar-refractivity contribution is -0.114. The van der Waals surface area contributed by atoms with Crippen molar-refractivity contribution in [3.63, 3.8) is 0 Å². The molecular formula is C17H24O. The van der Waals surface area contributed by atoms with E-state index in [4.69, 9.17) is 0 Å². The molecule has 0 heterocycles. The molecule has 1 atom stereocenters. The smallest absolute Gasteiger partial charge is 0.130 e. The molecule has 18 heavy (non-hydrogen) atoms. The zero-order valence-electron chi connectivity index (χ0n) is 11.6. The summed E-state index contributed by atoms with van der Waals surface area (Å²) in [5.41, 5.74) is 1.70. The van der Waals surface area contributed by atoms with Crippen LogP contribution in [0.3, 0.4) is 0 Å². The lowest BCUT2D eigenvalue weighted by atomic mass is 9.72. The Morgan fingerprint density at radius 3 is 2.33 bits per heavy atom. The average molecular weight is 244 g/mol. The SMILES string of the molecule is C=C(c1ccccc1)[C@@](C=O)(CCC)CCCC. The molecule has 1 rings (SSSR count). The highest BCUT2D eigenvalue weighted by Crippen LogP contribution is 2.40. The summed E-state index contributed by atoms with van der Waals surface area (Å²) in [6.45, 7) is 8.50. The fourth-order valence-electron chi connectivity index (χ4n) is 2.48. The van der Waals surface area contributed by atoms with Crippen LogP contribution in [0.2, 0.25) is 0 Å². The summed E-state index contributed by atoms with van der Waals surface area (Å²) in [6, 6.07) is 10.1. The molecule has 1 nitrogen and oxygen atoms in total. The van der Waals surface area contributed by atoms with Crippen molar-refractivity contribution >= 4 is 11.9 Å². The second-order valence-corrected chi connectivity index (χ2v) is 4.97. The van der Waals surface area contributed by atoms with Crippen molar-refractivity contribution in [3.8, 4) is 0 Å². The van der Waals surface area contributed by atoms with E-state index in [1.807, 2.05) is 30.3 Å². The lowest BCUT2D eigenvalue weighted by Crippen LogP contribution is -2.24. The number of unbranched alkanes of at least 4 members (excludes halogenated alkanes) is 1. The molecule has 0 N–H and O–H groups in total. The largest absolute Gasteiger partial charge is 0.302 e. The Bertz CT molecular complexity index is 380. The van der Waals surface area contributed by atoms with Crippen molar-refractivity contribution in [2.24, 2.45) is 5.41 Å². The summed E-state index contributed by atoms with van der Waals surface area (Å²) in [6.07, 6.45) is 6.13. The Hall–Kier alpha value is -1.37. The van der Waals surface area contributed by atoms with Gasteiger partial charge in [0.25, 0.3) is 0 Å². The van der Waals surface area contributed by atoms with Crippen molar-refractivity contribution in [1.29, 1.82) is 0 Å². The van der Waals surface area contributed by atoms with Gasteiger partial charge in [-0.25, -0.2) is 0 Å². The van der Waals surface area contributed by atoms with Crippen molar-refractivity contribution in [3.05, 3.63) is 42.5 Å². The van der Waals surface area contributed by atoms with Gasteiger partial charge in [-0.15, -0.1) is 0 Å². The first-order chi connectivity index (χ1) is 8.70. The van der Waals surface area contributed by atoms with E-state index in [0.29, 0.717) is 0 Å². The summed E-state index contributed by atoms with van der Waals surface area (Å²) in [7, 11) is 0. The molecule has 0 amide bonds. The Morgan fingerprint density at radius 2 is 1.83 bits per heavy atom. The summed E-state index contributed by atoms with van der Waals surface area (Å²) < 4.78 is 0. The minimum atomic E-state index is -0.369. The molecule has 0 spiro atoms. The Kier molecular flexibility index (Phi) is 5.84. The van der Waals surface area contributed by atoms with Gasteiger partial charge in [-0.1, -0.05) is 70.0 Å². The molecule has 1 aromatic carbocycles. The molecule has 0 aliphatic rings. The van der Waals surface area contributed by atoms with Crippen molar-refractivity contribution < 1.29 is 4.79 Å². The van der Waals surface area contributed by atoms with E-state index in [9.17, 15) is 4.79 Å². The summed E-state index contributed by atoms with van der Waals surface area (Å²) >= 11 is 0. The summed E-state index contributed by atoms with van der Waals surface area (Å²) in [5.74, 6) is 0. The highest BCUT2D eigenvalue weighted by atomic mass is 16.1. The highest BCUT2D eigenvalue weighted by Gasteiger charge is 2.32. The van der Waals surface area contributed by atoms with E-state index < -0.39 is 0 Å². The first-order valence-electron chi connectivity index (χ1n) is 6.91. The number of carbonyl (C=O) groups excluding carboxylic acids is 1.